The van der Waals surface area contributed by atoms with Gasteiger partial charge in [0.2, 0.25) is 11.8 Å². The van der Waals surface area contributed by atoms with E-state index in [0.29, 0.717) is 23.5 Å². The van der Waals surface area contributed by atoms with Gasteiger partial charge in [-0.2, -0.15) is 0 Å². The Bertz CT molecular complexity index is 1650. The molecule has 11 heteroatoms. The van der Waals surface area contributed by atoms with E-state index in [4.69, 9.17) is 4.74 Å². The number of aromatic amines is 1. The van der Waals surface area contributed by atoms with Gasteiger partial charge in [-0.3, -0.25) is 14.4 Å². The predicted octanol–water partition coefficient (Wildman–Crippen LogP) is 4.05. The Morgan fingerprint density at radius 3 is 2.76 bits per heavy atom. The topological polar surface area (TPSA) is 135 Å². The molecule has 0 unspecified atom stereocenters. The van der Waals surface area contributed by atoms with Gasteiger partial charge in [-0.05, 0) is 55.8 Å². The van der Waals surface area contributed by atoms with Crippen molar-refractivity contribution in [3.63, 3.8) is 0 Å². The maximum atomic E-state index is 14.4. The first kappa shape index (κ1) is 31.2. The fourth-order valence-corrected chi connectivity index (χ4v) is 10.5. The van der Waals surface area contributed by atoms with Crippen LogP contribution in [0, 0.1) is 5.92 Å². The number of hydrogen-bond donors (Lipinski definition) is 4. The summed E-state index contributed by atoms with van der Waals surface area (Å²) in [6, 6.07) is 13.0. The SMILES string of the molecule is C=CCN1C(=O)[C@@]2(O[C@@H](CC(=O)N3CCC[C@H]3CO)[C@H]([Si](C)(C)O)[C@H]2C)c2cc(NC(=O)Cc3c[nH]c4ccccc34)ccc21. The number of aromatic nitrogens is 1. The quantitative estimate of drug-likeness (QED) is 0.208. The number of fused-ring (bicyclic) bond motifs is 3. The lowest BCUT2D eigenvalue weighted by molar-refractivity contribution is -0.149. The number of anilines is 2. The lowest BCUT2D eigenvalue weighted by atomic mass is 9.82. The van der Waals surface area contributed by atoms with Crippen molar-refractivity contribution >= 4 is 48.3 Å². The molecule has 0 aliphatic carbocycles. The molecule has 0 bridgehead atoms. The molecular formula is C34H42N4O6Si. The molecule has 1 spiro atoms. The van der Waals surface area contributed by atoms with E-state index in [2.05, 4.69) is 16.9 Å². The highest BCUT2D eigenvalue weighted by Gasteiger charge is 2.66. The summed E-state index contributed by atoms with van der Waals surface area (Å²) >= 11 is 0. The van der Waals surface area contributed by atoms with Crippen LogP contribution in [0.4, 0.5) is 11.4 Å². The highest BCUT2D eigenvalue weighted by molar-refractivity contribution is 6.71. The van der Waals surface area contributed by atoms with Crippen molar-refractivity contribution in [3.05, 3.63) is 72.4 Å². The van der Waals surface area contributed by atoms with Crippen LogP contribution in [-0.4, -0.2) is 77.7 Å². The molecule has 5 atom stereocenters. The Balaban J connectivity index is 1.33. The first-order valence-electron chi connectivity index (χ1n) is 15.7. The van der Waals surface area contributed by atoms with Gasteiger partial charge in [0, 0.05) is 52.9 Å². The number of aliphatic hydroxyl groups is 1. The number of nitrogens with zero attached hydrogens (tertiary/aromatic N) is 2. The van der Waals surface area contributed by atoms with Gasteiger partial charge in [-0.25, -0.2) is 0 Å². The number of aliphatic hydroxyl groups excluding tert-OH is 1. The predicted molar refractivity (Wildman–Crippen MR) is 175 cm³/mol. The molecule has 10 nitrogen and oxygen atoms in total. The van der Waals surface area contributed by atoms with Crippen molar-refractivity contribution in [2.45, 2.75) is 69.0 Å². The molecule has 0 saturated carbocycles. The summed E-state index contributed by atoms with van der Waals surface area (Å²) in [6.07, 6.45) is 4.55. The molecule has 3 aliphatic heterocycles. The standard InChI is InChI=1S/C34H42N4O6Si/c1-5-14-38-28-13-12-23(36-30(40)16-22-19-35-27-11-7-6-10-25(22)27)17-26(28)34(33(38)42)21(2)32(45(3,4)43)29(44-34)18-31(41)37-15-8-9-24(37)20-39/h5-7,10-13,17,19,21,24,29,32,35,39,43H,1,8-9,14-16,18,20H2,2-4H3,(H,36,40)/t21-,24+,29+,32-,34+/m1/s1. The molecule has 4 N–H and O–H groups in total. The average Bonchev–Trinajstić information content (AvgIpc) is 3.75. The minimum absolute atomic E-state index is 0.00929. The van der Waals surface area contributed by atoms with E-state index in [-0.39, 0.29) is 49.8 Å². The number of carbonyl (C=O) groups excluding carboxylic acids is 3. The molecule has 3 aliphatic rings. The summed E-state index contributed by atoms with van der Waals surface area (Å²) in [5.74, 6) is -1.06. The summed E-state index contributed by atoms with van der Waals surface area (Å²) in [5.41, 5.74) is 1.78. The lowest BCUT2D eigenvalue weighted by Gasteiger charge is -2.32. The van der Waals surface area contributed by atoms with Crippen LogP contribution in [-0.2, 0) is 31.1 Å². The van der Waals surface area contributed by atoms with Crippen LogP contribution in [0.3, 0.4) is 0 Å². The van der Waals surface area contributed by atoms with Gasteiger partial charge in [-0.1, -0.05) is 31.2 Å². The molecule has 2 fully saturated rings. The fraction of sp³-hybridized carbons (Fsp3) is 0.441. The fourth-order valence-electron chi connectivity index (χ4n) is 7.96. The highest BCUT2D eigenvalue weighted by atomic mass is 28.4. The smallest absolute Gasteiger partial charge is 0.264 e. The number of carbonyl (C=O) groups is 3. The van der Waals surface area contributed by atoms with Gasteiger partial charge in [0.25, 0.3) is 5.91 Å². The molecule has 238 valence electrons. The molecule has 6 rings (SSSR count). The summed E-state index contributed by atoms with van der Waals surface area (Å²) in [5, 5.41) is 13.8. The minimum atomic E-state index is -2.97. The Morgan fingerprint density at radius 1 is 1.24 bits per heavy atom. The van der Waals surface area contributed by atoms with Crippen molar-refractivity contribution < 1.29 is 29.0 Å². The first-order chi connectivity index (χ1) is 21.5. The Labute approximate surface area is 264 Å². The van der Waals surface area contributed by atoms with Crippen molar-refractivity contribution in [1.29, 1.82) is 0 Å². The molecular weight excluding hydrogens is 588 g/mol. The number of likely N-dealkylation sites (tertiary alicyclic amines) is 1. The average molecular weight is 631 g/mol. The third kappa shape index (κ3) is 5.31. The zero-order valence-electron chi connectivity index (χ0n) is 26.1. The second kappa shape index (κ2) is 11.9. The van der Waals surface area contributed by atoms with Gasteiger partial charge < -0.3 is 34.7 Å². The summed E-state index contributed by atoms with van der Waals surface area (Å²) in [6.45, 7) is 10.1. The van der Waals surface area contributed by atoms with Gasteiger partial charge in [0.05, 0.1) is 37.3 Å². The third-order valence-electron chi connectivity index (χ3n) is 9.89. The second-order valence-electron chi connectivity index (χ2n) is 13.2. The number of para-hydroxylation sites is 1. The molecule has 1 aromatic heterocycles. The van der Waals surface area contributed by atoms with Crippen molar-refractivity contribution in [2.24, 2.45) is 5.92 Å². The minimum Gasteiger partial charge on any atom is -0.432 e. The highest BCUT2D eigenvalue weighted by Crippen LogP contribution is 2.60. The van der Waals surface area contributed by atoms with E-state index < -0.39 is 31.5 Å². The van der Waals surface area contributed by atoms with Gasteiger partial charge in [0.15, 0.2) is 13.9 Å². The number of ether oxygens (including phenoxy) is 1. The van der Waals surface area contributed by atoms with Gasteiger partial charge in [0.1, 0.15) is 0 Å². The summed E-state index contributed by atoms with van der Waals surface area (Å²) in [7, 11) is -2.97. The largest absolute Gasteiger partial charge is 0.432 e. The van der Waals surface area contributed by atoms with Crippen LogP contribution in [0.25, 0.3) is 10.9 Å². The van der Waals surface area contributed by atoms with Gasteiger partial charge in [-0.15, -0.1) is 6.58 Å². The van der Waals surface area contributed by atoms with Crippen molar-refractivity contribution in [1.82, 2.24) is 9.88 Å². The number of benzene rings is 2. The number of rotatable bonds is 9. The number of nitrogens with one attached hydrogen (secondary N) is 2. The lowest BCUT2D eigenvalue weighted by Crippen LogP contribution is -2.46. The molecule has 2 aromatic carbocycles. The molecule has 45 heavy (non-hydrogen) atoms. The normalized spacial score (nSPS) is 26.2. The van der Waals surface area contributed by atoms with Crippen LogP contribution in [0.2, 0.25) is 18.6 Å². The molecule has 2 saturated heterocycles. The molecule has 0 radical (unpaired) electrons. The van der Waals surface area contributed by atoms with Crippen LogP contribution >= 0.6 is 0 Å². The first-order valence-corrected chi connectivity index (χ1v) is 18.7. The van der Waals surface area contributed by atoms with E-state index in [9.17, 15) is 24.3 Å². The van der Waals surface area contributed by atoms with E-state index >= 15 is 0 Å². The maximum absolute atomic E-state index is 14.4. The number of H-pyrrole nitrogens is 1. The third-order valence-corrected chi connectivity index (χ3v) is 12.4. The number of hydrogen-bond acceptors (Lipinski definition) is 6. The molecule has 4 heterocycles. The Kier molecular flexibility index (Phi) is 8.23. The van der Waals surface area contributed by atoms with E-state index in [1.165, 1.54) is 0 Å². The van der Waals surface area contributed by atoms with Crippen LogP contribution in [0.5, 0.6) is 0 Å². The van der Waals surface area contributed by atoms with Crippen LogP contribution in [0.1, 0.15) is 37.3 Å². The van der Waals surface area contributed by atoms with E-state index in [1.54, 1.807) is 28.0 Å². The van der Waals surface area contributed by atoms with Crippen LogP contribution in [0.15, 0.2) is 61.3 Å². The molecule has 3 amide bonds. The maximum Gasteiger partial charge on any atom is 0.264 e. The van der Waals surface area contributed by atoms with Crippen molar-refractivity contribution in [2.75, 3.05) is 29.9 Å². The molecule has 3 aromatic rings. The Hall–Kier alpha value is -3.77. The van der Waals surface area contributed by atoms with E-state index in [1.807, 2.05) is 56.5 Å². The van der Waals surface area contributed by atoms with Gasteiger partial charge >= 0.3 is 0 Å². The zero-order chi connectivity index (χ0) is 32.1. The monoisotopic (exact) mass is 630 g/mol. The van der Waals surface area contributed by atoms with Crippen LogP contribution < -0.4 is 10.2 Å². The summed E-state index contributed by atoms with van der Waals surface area (Å²) < 4.78 is 6.79. The zero-order valence-corrected chi connectivity index (χ0v) is 27.1. The second-order valence-corrected chi connectivity index (χ2v) is 17.1. The number of amides is 3. The summed E-state index contributed by atoms with van der Waals surface area (Å²) in [4.78, 5) is 59.2. The Morgan fingerprint density at radius 2 is 2.02 bits per heavy atom. The van der Waals surface area contributed by atoms with Crippen molar-refractivity contribution in [3.8, 4) is 0 Å². The van der Waals surface area contributed by atoms with E-state index in [0.717, 1.165) is 29.3 Å².